The molecule has 0 unspecified atom stereocenters. The molecule has 0 aliphatic carbocycles. The van der Waals surface area contributed by atoms with E-state index in [-0.39, 0.29) is 0 Å². The third kappa shape index (κ3) is 5.72. The third-order valence-corrected chi connectivity index (χ3v) is 0.309. The average molecular weight is 115 g/mol. The highest BCUT2D eigenvalue weighted by atomic mass is 19.3. The molecule has 43 valence electrons. The van der Waals surface area contributed by atoms with Gasteiger partial charge in [0.05, 0.1) is 6.42 Å². The zero-order valence-electron chi connectivity index (χ0n) is 3.30. The van der Waals surface area contributed by atoms with Crippen molar-refractivity contribution in [3.8, 4) is 0 Å². The molecule has 0 heterocycles. The zero-order chi connectivity index (χ0) is 5.86. The van der Waals surface area contributed by atoms with Gasteiger partial charge in [-0.05, 0) is 0 Å². The standard InChI is InChI=1S/C3H3F4/c4-2(5)1-3(6)7/h2H,1H2. The van der Waals surface area contributed by atoms with Crippen LogP contribution in [-0.4, -0.2) is 6.43 Å². The molecule has 0 amide bonds. The van der Waals surface area contributed by atoms with Crippen LogP contribution in [0.4, 0.5) is 17.6 Å². The predicted molar refractivity (Wildman–Crippen MR) is 16.1 cm³/mol. The van der Waals surface area contributed by atoms with Crippen LogP contribution in [0.15, 0.2) is 0 Å². The molecule has 0 fully saturated rings. The molecule has 0 aromatic rings. The van der Waals surface area contributed by atoms with Gasteiger partial charge in [-0.1, -0.05) is 0 Å². The van der Waals surface area contributed by atoms with E-state index < -0.39 is 19.3 Å². The molecule has 0 aromatic carbocycles. The van der Waals surface area contributed by atoms with Crippen molar-refractivity contribution < 1.29 is 17.6 Å². The van der Waals surface area contributed by atoms with E-state index in [0.717, 1.165) is 0 Å². The molecule has 0 aliphatic heterocycles. The molecule has 0 rings (SSSR count). The number of rotatable bonds is 2. The molecular weight excluding hydrogens is 112 g/mol. The maximum atomic E-state index is 10.8. The third-order valence-electron chi connectivity index (χ3n) is 0.309. The van der Waals surface area contributed by atoms with Crippen LogP contribution in [0.5, 0.6) is 0 Å². The van der Waals surface area contributed by atoms with Crippen molar-refractivity contribution in [3.05, 3.63) is 6.43 Å². The Bertz CT molecular complexity index is 36.2. The molecule has 7 heavy (non-hydrogen) atoms. The quantitative estimate of drug-likeness (QED) is 0.483. The van der Waals surface area contributed by atoms with Crippen LogP contribution in [-0.2, 0) is 0 Å². The van der Waals surface area contributed by atoms with Gasteiger partial charge in [0, 0.05) is 0 Å². The van der Waals surface area contributed by atoms with Crippen molar-refractivity contribution in [2.45, 2.75) is 12.8 Å². The van der Waals surface area contributed by atoms with Crippen molar-refractivity contribution in [1.29, 1.82) is 0 Å². The summed E-state index contributed by atoms with van der Waals surface area (Å²) in [6.07, 6.45) is -6.51. The first kappa shape index (κ1) is 6.72. The molecule has 0 saturated carbocycles. The van der Waals surface area contributed by atoms with Crippen molar-refractivity contribution in [3.63, 3.8) is 0 Å². The summed E-state index contributed by atoms with van der Waals surface area (Å²) in [6.45, 7) is 0. The number of halogens is 4. The summed E-state index contributed by atoms with van der Waals surface area (Å²) >= 11 is 0. The van der Waals surface area contributed by atoms with E-state index in [9.17, 15) is 17.6 Å². The zero-order valence-corrected chi connectivity index (χ0v) is 3.30. The Morgan fingerprint density at radius 3 is 1.71 bits per heavy atom. The second-order valence-electron chi connectivity index (χ2n) is 0.934. The lowest BCUT2D eigenvalue weighted by Crippen LogP contribution is -1.91. The first-order valence-electron chi connectivity index (χ1n) is 1.58. The number of alkyl halides is 2. The fourth-order valence-corrected chi connectivity index (χ4v) is 0.117. The van der Waals surface area contributed by atoms with Gasteiger partial charge in [0.1, 0.15) is 0 Å². The summed E-state index contributed by atoms with van der Waals surface area (Å²) in [5.74, 6) is 0. The van der Waals surface area contributed by atoms with Gasteiger partial charge in [-0.15, -0.1) is 0 Å². The summed E-state index contributed by atoms with van der Waals surface area (Å²) in [5, 5.41) is 0. The van der Waals surface area contributed by atoms with Crippen LogP contribution >= 0.6 is 0 Å². The van der Waals surface area contributed by atoms with Gasteiger partial charge in [0.25, 0.3) is 0 Å². The number of hydrogen-bond acceptors (Lipinski definition) is 0. The Kier molecular flexibility index (Phi) is 2.71. The first-order valence-corrected chi connectivity index (χ1v) is 1.58. The van der Waals surface area contributed by atoms with Crippen molar-refractivity contribution >= 4 is 0 Å². The van der Waals surface area contributed by atoms with Gasteiger partial charge in [-0.25, -0.2) is 8.78 Å². The van der Waals surface area contributed by atoms with E-state index in [4.69, 9.17) is 0 Å². The van der Waals surface area contributed by atoms with Gasteiger partial charge in [0.15, 0.2) is 0 Å². The molecule has 0 aliphatic rings. The van der Waals surface area contributed by atoms with Crippen LogP contribution < -0.4 is 0 Å². The fourth-order valence-electron chi connectivity index (χ4n) is 0.117. The van der Waals surface area contributed by atoms with E-state index in [1.807, 2.05) is 0 Å². The summed E-state index contributed by atoms with van der Waals surface area (Å²) in [7, 11) is 0. The minimum absolute atomic E-state index is 1.39. The second kappa shape index (κ2) is 2.82. The lowest BCUT2D eigenvalue weighted by Gasteiger charge is -1.90. The Morgan fingerprint density at radius 1 is 1.29 bits per heavy atom. The topological polar surface area (TPSA) is 0 Å². The van der Waals surface area contributed by atoms with Gasteiger partial charge in [-0.2, -0.15) is 8.78 Å². The highest BCUT2D eigenvalue weighted by Gasteiger charge is 2.12. The number of hydrogen-bond donors (Lipinski definition) is 0. The smallest absolute Gasteiger partial charge is 0.210 e. The Morgan fingerprint density at radius 2 is 1.71 bits per heavy atom. The van der Waals surface area contributed by atoms with Crippen LogP contribution in [0.1, 0.15) is 6.42 Å². The molecule has 0 N–H and O–H groups in total. The fraction of sp³-hybridized carbons (Fsp3) is 0.667. The average Bonchev–Trinajstić information content (AvgIpc) is 1.27. The van der Waals surface area contributed by atoms with E-state index in [1.165, 1.54) is 0 Å². The summed E-state index contributed by atoms with van der Waals surface area (Å²) in [6, 6.07) is 0. The predicted octanol–water partition coefficient (Wildman–Crippen LogP) is 2.07. The SMILES string of the molecule is F[C](F)CC(F)F. The largest absolute Gasteiger partial charge is 0.315 e. The maximum Gasteiger partial charge on any atom is 0.315 e. The molecule has 0 spiro atoms. The summed E-state index contributed by atoms with van der Waals surface area (Å²) in [5.41, 5.74) is 0. The second-order valence-corrected chi connectivity index (χ2v) is 0.934. The van der Waals surface area contributed by atoms with Gasteiger partial charge < -0.3 is 0 Å². The molecule has 4 heteroatoms. The van der Waals surface area contributed by atoms with E-state index in [2.05, 4.69) is 0 Å². The lowest BCUT2D eigenvalue weighted by atomic mass is 10.5. The van der Waals surface area contributed by atoms with Gasteiger partial charge >= 0.3 is 6.43 Å². The van der Waals surface area contributed by atoms with E-state index in [0.29, 0.717) is 0 Å². The van der Waals surface area contributed by atoms with Crippen molar-refractivity contribution in [2.75, 3.05) is 0 Å². The van der Waals surface area contributed by atoms with E-state index >= 15 is 0 Å². The molecule has 0 nitrogen and oxygen atoms in total. The van der Waals surface area contributed by atoms with E-state index in [1.54, 1.807) is 0 Å². The normalized spacial score (nSPS) is 11.1. The maximum absolute atomic E-state index is 10.8. The van der Waals surface area contributed by atoms with Gasteiger partial charge in [0.2, 0.25) is 6.43 Å². The first-order chi connectivity index (χ1) is 3.13. The Hall–Kier alpha value is -0.280. The monoisotopic (exact) mass is 115 g/mol. The molecule has 0 bridgehead atoms. The highest BCUT2D eigenvalue weighted by Crippen LogP contribution is 2.14. The molecule has 1 radical (unpaired) electrons. The van der Waals surface area contributed by atoms with Gasteiger partial charge in [-0.3, -0.25) is 0 Å². The molecular formula is C3H3F4. The Balaban J connectivity index is 2.95. The van der Waals surface area contributed by atoms with Crippen LogP contribution in [0.2, 0.25) is 0 Å². The molecule has 0 aromatic heterocycles. The highest BCUT2D eigenvalue weighted by molar-refractivity contribution is 4.59. The van der Waals surface area contributed by atoms with Crippen molar-refractivity contribution in [2.24, 2.45) is 0 Å². The minimum atomic E-state index is -2.91. The van der Waals surface area contributed by atoms with Crippen LogP contribution in [0, 0.1) is 6.43 Å². The summed E-state index contributed by atoms with van der Waals surface area (Å²) < 4.78 is 43.0. The molecule has 0 atom stereocenters. The Labute approximate surface area is 38.1 Å². The molecule has 0 saturated heterocycles. The lowest BCUT2D eigenvalue weighted by molar-refractivity contribution is 0.101. The van der Waals surface area contributed by atoms with Crippen molar-refractivity contribution in [1.82, 2.24) is 0 Å². The minimum Gasteiger partial charge on any atom is -0.210 e. The summed E-state index contributed by atoms with van der Waals surface area (Å²) in [4.78, 5) is 0. The van der Waals surface area contributed by atoms with Crippen LogP contribution in [0.3, 0.4) is 0 Å². The van der Waals surface area contributed by atoms with Crippen LogP contribution in [0.25, 0.3) is 0 Å².